The smallest absolute Gasteiger partial charge is 0.152 e. The van der Waals surface area contributed by atoms with Crippen LogP contribution < -0.4 is 4.90 Å². The van der Waals surface area contributed by atoms with E-state index in [0.29, 0.717) is 30.6 Å². The summed E-state index contributed by atoms with van der Waals surface area (Å²) in [5.74, 6) is -0.357. The zero-order valence-corrected chi connectivity index (χ0v) is 10.9. The number of halogens is 1. The van der Waals surface area contributed by atoms with E-state index in [0.717, 1.165) is 0 Å². The van der Waals surface area contributed by atoms with E-state index in [1.165, 1.54) is 6.07 Å². The van der Waals surface area contributed by atoms with Crippen molar-refractivity contribution in [1.82, 2.24) is 0 Å². The minimum Gasteiger partial charge on any atom is -0.369 e. The molecule has 3 nitrogen and oxygen atoms in total. The van der Waals surface area contributed by atoms with Gasteiger partial charge in [-0.3, -0.25) is 4.79 Å². The van der Waals surface area contributed by atoms with E-state index in [9.17, 15) is 9.18 Å². The summed E-state index contributed by atoms with van der Waals surface area (Å²) >= 11 is 0. The predicted octanol–water partition coefficient (Wildman–Crippen LogP) is 2.64. The first kappa shape index (κ1) is 13.0. The van der Waals surface area contributed by atoms with Crippen LogP contribution in [-0.2, 0) is 4.74 Å². The molecule has 0 spiro atoms. The van der Waals surface area contributed by atoms with Crippen LogP contribution in [0.4, 0.5) is 10.1 Å². The highest BCUT2D eigenvalue weighted by atomic mass is 19.1. The van der Waals surface area contributed by atoms with Crippen molar-refractivity contribution in [1.29, 1.82) is 0 Å². The number of benzene rings is 1. The lowest BCUT2D eigenvalue weighted by Crippen LogP contribution is -2.52. The van der Waals surface area contributed by atoms with Crippen LogP contribution >= 0.6 is 0 Å². The van der Waals surface area contributed by atoms with E-state index in [1.54, 1.807) is 12.1 Å². The van der Waals surface area contributed by atoms with E-state index in [4.69, 9.17) is 4.74 Å². The summed E-state index contributed by atoms with van der Waals surface area (Å²) in [6.45, 7) is 7.05. The number of morpholine rings is 1. The normalized spacial score (nSPS) is 22.9. The fourth-order valence-electron chi connectivity index (χ4n) is 2.58. The fourth-order valence-corrected chi connectivity index (χ4v) is 2.58. The molecule has 1 aromatic rings. The van der Waals surface area contributed by atoms with Gasteiger partial charge in [-0.05, 0) is 32.9 Å². The summed E-state index contributed by atoms with van der Waals surface area (Å²) in [7, 11) is 0. The first-order valence-corrected chi connectivity index (χ1v) is 6.09. The summed E-state index contributed by atoms with van der Waals surface area (Å²) in [6.07, 6.45) is 0.707. The van der Waals surface area contributed by atoms with E-state index >= 15 is 0 Å². The van der Waals surface area contributed by atoms with Crippen LogP contribution in [0.3, 0.4) is 0 Å². The number of anilines is 1. The number of carbonyl (C=O) groups excluding carboxylic acids is 1. The van der Waals surface area contributed by atoms with Gasteiger partial charge < -0.3 is 9.64 Å². The third kappa shape index (κ3) is 2.53. The Morgan fingerprint density at radius 1 is 1.50 bits per heavy atom. The maximum atomic E-state index is 14.0. The highest BCUT2D eigenvalue weighted by molar-refractivity contribution is 5.85. The Morgan fingerprint density at radius 2 is 2.22 bits per heavy atom. The van der Waals surface area contributed by atoms with Gasteiger partial charge in [-0.15, -0.1) is 0 Å². The van der Waals surface area contributed by atoms with Gasteiger partial charge in [0.25, 0.3) is 0 Å². The number of hydrogen-bond donors (Lipinski definition) is 0. The van der Waals surface area contributed by atoms with Gasteiger partial charge in [-0.2, -0.15) is 0 Å². The van der Waals surface area contributed by atoms with Crippen molar-refractivity contribution in [3.8, 4) is 0 Å². The Labute approximate surface area is 107 Å². The molecule has 0 N–H and O–H groups in total. The second-order valence-corrected chi connectivity index (χ2v) is 5.36. The molecule has 1 aliphatic heterocycles. The Hall–Kier alpha value is -1.42. The van der Waals surface area contributed by atoms with E-state index in [2.05, 4.69) is 0 Å². The van der Waals surface area contributed by atoms with Crippen LogP contribution in [-0.4, -0.2) is 31.1 Å². The number of nitrogens with zero attached hydrogens (tertiary/aromatic N) is 1. The molecular formula is C14H18FNO2. The summed E-state index contributed by atoms with van der Waals surface area (Å²) in [5, 5.41) is 0. The molecule has 0 saturated carbocycles. The van der Waals surface area contributed by atoms with Gasteiger partial charge in [-0.1, -0.05) is 6.07 Å². The van der Waals surface area contributed by atoms with Gasteiger partial charge in [0.15, 0.2) is 6.29 Å². The molecule has 98 valence electrons. The maximum Gasteiger partial charge on any atom is 0.152 e. The standard InChI is InChI=1S/C14H18FNO2/c1-10-7-16(9-14(2,3)18-10)13-11(8-17)5-4-6-12(13)15/h4-6,8,10H,7,9H2,1-3H3. The molecule has 0 bridgehead atoms. The number of aldehydes is 1. The molecule has 1 aliphatic rings. The molecule has 18 heavy (non-hydrogen) atoms. The summed E-state index contributed by atoms with van der Waals surface area (Å²) in [4.78, 5) is 12.9. The van der Waals surface area contributed by atoms with E-state index < -0.39 is 0 Å². The summed E-state index contributed by atoms with van der Waals surface area (Å²) in [6, 6.07) is 4.57. The van der Waals surface area contributed by atoms with Crippen LogP contribution in [0.15, 0.2) is 18.2 Å². The largest absolute Gasteiger partial charge is 0.369 e. The first-order valence-electron chi connectivity index (χ1n) is 6.09. The predicted molar refractivity (Wildman–Crippen MR) is 68.6 cm³/mol. The molecule has 1 saturated heterocycles. The maximum absolute atomic E-state index is 14.0. The minimum atomic E-state index is -0.357. The number of ether oxygens (including phenoxy) is 1. The topological polar surface area (TPSA) is 29.5 Å². The van der Waals surface area contributed by atoms with Crippen molar-refractivity contribution in [2.45, 2.75) is 32.5 Å². The number of hydrogen-bond acceptors (Lipinski definition) is 3. The Morgan fingerprint density at radius 3 is 2.83 bits per heavy atom. The summed E-state index contributed by atoms with van der Waals surface area (Å²) in [5.41, 5.74) is 0.427. The van der Waals surface area contributed by atoms with Crippen molar-refractivity contribution in [2.75, 3.05) is 18.0 Å². The van der Waals surface area contributed by atoms with Crippen LogP contribution in [0.25, 0.3) is 0 Å². The zero-order valence-electron chi connectivity index (χ0n) is 10.9. The summed E-state index contributed by atoms with van der Waals surface area (Å²) < 4.78 is 19.7. The monoisotopic (exact) mass is 251 g/mol. The molecule has 1 heterocycles. The molecule has 2 rings (SSSR count). The molecule has 4 heteroatoms. The first-order chi connectivity index (χ1) is 8.43. The third-order valence-corrected chi connectivity index (χ3v) is 3.03. The Bertz CT molecular complexity index is 459. The van der Waals surface area contributed by atoms with Crippen molar-refractivity contribution < 1.29 is 13.9 Å². The average Bonchev–Trinajstić information content (AvgIpc) is 2.25. The zero-order chi connectivity index (χ0) is 13.3. The SMILES string of the molecule is CC1CN(c2c(F)cccc2C=O)CC(C)(C)O1. The van der Waals surface area contributed by atoms with Crippen molar-refractivity contribution in [3.05, 3.63) is 29.6 Å². The quantitative estimate of drug-likeness (QED) is 0.757. The van der Waals surface area contributed by atoms with Crippen molar-refractivity contribution in [3.63, 3.8) is 0 Å². The lowest BCUT2D eigenvalue weighted by molar-refractivity contribution is -0.0751. The molecule has 0 aromatic heterocycles. The van der Waals surface area contributed by atoms with Crippen molar-refractivity contribution in [2.24, 2.45) is 0 Å². The molecule has 0 aliphatic carbocycles. The van der Waals surface area contributed by atoms with E-state index in [-0.39, 0.29) is 17.5 Å². The molecular weight excluding hydrogens is 233 g/mol. The third-order valence-electron chi connectivity index (χ3n) is 3.03. The van der Waals surface area contributed by atoms with Crippen LogP contribution in [0.1, 0.15) is 31.1 Å². The van der Waals surface area contributed by atoms with Gasteiger partial charge in [0.05, 0.1) is 17.4 Å². The molecule has 0 amide bonds. The van der Waals surface area contributed by atoms with Crippen LogP contribution in [0, 0.1) is 5.82 Å². The van der Waals surface area contributed by atoms with Crippen molar-refractivity contribution >= 4 is 12.0 Å². The molecule has 1 fully saturated rings. The Balaban J connectivity index is 2.39. The molecule has 1 aromatic carbocycles. The molecule has 1 atom stereocenters. The Kier molecular flexibility index (Phi) is 3.39. The molecule has 0 radical (unpaired) electrons. The number of para-hydroxylation sites is 1. The van der Waals surface area contributed by atoms with Gasteiger partial charge in [0.1, 0.15) is 5.82 Å². The van der Waals surface area contributed by atoms with Gasteiger partial charge in [0, 0.05) is 18.7 Å². The lowest BCUT2D eigenvalue weighted by Gasteiger charge is -2.43. The lowest BCUT2D eigenvalue weighted by atomic mass is 10.0. The van der Waals surface area contributed by atoms with Gasteiger partial charge in [-0.25, -0.2) is 4.39 Å². The number of rotatable bonds is 2. The van der Waals surface area contributed by atoms with Crippen LogP contribution in [0.5, 0.6) is 0 Å². The van der Waals surface area contributed by atoms with Gasteiger partial charge in [0.2, 0.25) is 0 Å². The number of carbonyl (C=O) groups is 1. The second kappa shape index (κ2) is 4.69. The van der Waals surface area contributed by atoms with E-state index in [1.807, 2.05) is 25.7 Å². The molecule has 1 unspecified atom stereocenters. The minimum absolute atomic E-state index is 0.00728. The average molecular weight is 251 g/mol. The van der Waals surface area contributed by atoms with Gasteiger partial charge >= 0.3 is 0 Å². The highest BCUT2D eigenvalue weighted by Gasteiger charge is 2.33. The highest BCUT2D eigenvalue weighted by Crippen LogP contribution is 2.29. The second-order valence-electron chi connectivity index (χ2n) is 5.36. The fraction of sp³-hybridized carbons (Fsp3) is 0.500. The van der Waals surface area contributed by atoms with Crippen LogP contribution in [0.2, 0.25) is 0 Å².